The normalized spacial score (nSPS) is 21.2. The first-order valence-electron chi connectivity index (χ1n) is 6.93. The van der Waals surface area contributed by atoms with Crippen molar-refractivity contribution in [2.24, 2.45) is 5.11 Å². The molecule has 6 nitrogen and oxygen atoms in total. The van der Waals surface area contributed by atoms with Gasteiger partial charge in [0.05, 0.1) is 0 Å². The summed E-state index contributed by atoms with van der Waals surface area (Å²) in [6.45, 7) is 7.64. The van der Waals surface area contributed by atoms with Gasteiger partial charge in [-0.25, -0.2) is 4.79 Å². The van der Waals surface area contributed by atoms with Gasteiger partial charge in [-0.3, -0.25) is 4.90 Å². The van der Waals surface area contributed by atoms with Gasteiger partial charge < -0.3 is 4.74 Å². The minimum Gasteiger partial charge on any atom is -0.444 e. The molecule has 0 fully saturated rings. The van der Waals surface area contributed by atoms with E-state index < -0.39 is 17.4 Å². The predicted octanol–water partition coefficient (Wildman–Crippen LogP) is 3.96. The number of nitrogens with zero attached hydrogens (tertiary/aromatic N) is 4. The molecule has 0 radical (unpaired) electrons. The van der Waals surface area contributed by atoms with Gasteiger partial charge in [-0.15, -0.1) is 0 Å². The molecule has 1 aliphatic rings. The van der Waals surface area contributed by atoms with Gasteiger partial charge in [0.25, 0.3) is 0 Å². The van der Waals surface area contributed by atoms with Crippen molar-refractivity contribution in [2.45, 2.75) is 45.4 Å². The maximum Gasteiger partial charge on any atom is 0.411 e. The SMILES string of the molecule is CC(C)(C)OC(=O)N1CCc2ccccc2C1(C)N=[N+]=[N-]. The number of carbonyl (C=O) groups excluding carboxylic acids is 1. The Bertz CT molecular complexity index is 602. The van der Waals surface area contributed by atoms with Gasteiger partial charge in [0, 0.05) is 11.5 Å². The van der Waals surface area contributed by atoms with Crippen LogP contribution in [0.3, 0.4) is 0 Å². The Morgan fingerprint density at radius 1 is 1.43 bits per heavy atom. The second kappa shape index (κ2) is 5.30. The van der Waals surface area contributed by atoms with Gasteiger partial charge in [0.2, 0.25) is 0 Å². The zero-order chi connectivity index (χ0) is 15.7. The topological polar surface area (TPSA) is 78.3 Å². The Morgan fingerprint density at radius 2 is 2.10 bits per heavy atom. The van der Waals surface area contributed by atoms with Crippen LogP contribution in [-0.2, 0) is 16.8 Å². The van der Waals surface area contributed by atoms with E-state index >= 15 is 0 Å². The van der Waals surface area contributed by atoms with Crippen LogP contribution < -0.4 is 0 Å². The molecule has 112 valence electrons. The van der Waals surface area contributed by atoms with Crippen molar-refractivity contribution in [3.8, 4) is 0 Å². The highest BCUT2D eigenvalue weighted by Crippen LogP contribution is 2.37. The maximum atomic E-state index is 12.4. The predicted molar refractivity (Wildman–Crippen MR) is 79.6 cm³/mol. The van der Waals surface area contributed by atoms with Crippen molar-refractivity contribution in [2.75, 3.05) is 6.54 Å². The van der Waals surface area contributed by atoms with Crippen LogP contribution in [0.15, 0.2) is 29.4 Å². The average Bonchev–Trinajstić information content (AvgIpc) is 2.37. The molecular weight excluding hydrogens is 268 g/mol. The molecule has 2 rings (SSSR count). The zero-order valence-corrected chi connectivity index (χ0v) is 12.8. The number of ether oxygens (including phenoxy) is 1. The van der Waals surface area contributed by atoms with Crippen molar-refractivity contribution in [3.63, 3.8) is 0 Å². The molecule has 21 heavy (non-hydrogen) atoms. The van der Waals surface area contributed by atoms with E-state index in [1.165, 1.54) is 4.90 Å². The first-order chi connectivity index (χ1) is 9.78. The average molecular weight is 288 g/mol. The fourth-order valence-corrected chi connectivity index (χ4v) is 2.58. The molecule has 0 aliphatic carbocycles. The van der Waals surface area contributed by atoms with E-state index in [1.807, 2.05) is 45.0 Å². The minimum atomic E-state index is -1.06. The molecule has 0 N–H and O–H groups in total. The van der Waals surface area contributed by atoms with Gasteiger partial charge in [-0.1, -0.05) is 29.4 Å². The van der Waals surface area contributed by atoms with E-state index in [0.29, 0.717) is 13.0 Å². The number of hydrogen-bond acceptors (Lipinski definition) is 3. The van der Waals surface area contributed by atoms with Crippen LogP contribution in [0.2, 0.25) is 0 Å². The van der Waals surface area contributed by atoms with Gasteiger partial charge in [-0.05, 0) is 50.8 Å². The molecule has 1 heterocycles. The number of rotatable bonds is 1. The van der Waals surface area contributed by atoms with E-state index in [0.717, 1.165) is 11.1 Å². The highest BCUT2D eigenvalue weighted by atomic mass is 16.6. The molecule has 1 aromatic rings. The Labute approximate surface area is 124 Å². The van der Waals surface area contributed by atoms with Crippen molar-refractivity contribution < 1.29 is 9.53 Å². The van der Waals surface area contributed by atoms with Crippen LogP contribution in [-0.4, -0.2) is 23.1 Å². The van der Waals surface area contributed by atoms with Crippen molar-refractivity contribution in [1.29, 1.82) is 0 Å². The lowest BCUT2D eigenvalue weighted by Gasteiger charge is -2.43. The summed E-state index contributed by atoms with van der Waals surface area (Å²) in [5.74, 6) is 0. The summed E-state index contributed by atoms with van der Waals surface area (Å²) in [4.78, 5) is 16.9. The van der Waals surface area contributed by atoms with Crippen molar-refractivity contribution in [1.82, 2.24) is 4.90 Å². The van der Waals surface area contributed by atoms with Gasteiger partial charge >= 0.3 is 6.09 Å². The van der Waals surface area contributed by atoms with Crippen molar-refractivity contribution >= 4 is 6.09 Å². The Hall–Kier alpha value is -2.20. The molecule has 1 atom stereocenters. The first-order valence-corrected chi connectivity index (χ1v) is 6.93. The Morgan fingerprint density at radius 3 is 2.71 bits per heavy atom. The molecule has 0 spiro atoms. The van der Waals surface area contributed by atoms with E-state index in [1.54, 1.807) is 6.92 Å². The second-order valence-electron chi connectivity index (χ2n) is 6.25. The largest absolute Gasteiger partial charge is 0.444 e. The molecule has 6 heteroatoms. The van der Waals surface area contributed by atoms with Crippen LogP contribution in [0.5, 0.6) is 0 Å². The highest BCUT2D eigenvalue weighted by molar-refractivity contribution is 5.70. The summed E-state index contributed by atoms with van der Waals surface area (Å²) < 4.78 is 5.44. The van der Waals surface area contributed by atoms with Crippen molar-refractivity contribution in [3.05, 3.63) is 45.8 Å². The lowest BCUT2D eigenvalue weighted by atomic mass is 9.89. The van der Waals surface area contributed by atoms with Gasteiger partial charge in [-0.2, -0.15) is 0 Å². The monoisotopic (exact) mass is 288 g/mol. The maximum absolute atomic E-state index is 12.4. The number of benzene rings is 1. The molecule has 1 amide bonds. The smallest absolute Gasteiger partial charge is 0.411 e. The first kappa shape index (κ1) is 15.2. The van der Waals surface area contributed by atoms with Gasteiger partial charge in [0.1, 0.15) is 11.3 Å². The van der Waals surface area contributed by atoms with Crippen LogP contribution in [0, 0.1) is 0 Å². The fraction of sp³-hybridized carbons (Fsp3) is 0.533. The molecule has 0 aromatic heterocycles. The third-order valence-electron chi connectivity index (χ3n) is 3.51. The summed E-state index contributed by atoms with van der Waals surface area (Å²) in [7, 11) is 0. The van der Waals surface area contributed by atoms with Crippen LogP contribution >= 0.6 is 0 Å². The van der Waals surface area contributed by atoms with E-state index in [4.69, 9.17) is 10.3 Å². The lowest BCUT2D eigenvalue weighted by Crippen LogP contribution is -2.51. The molecular formula is C15H20N4O2. The molecule has 1 unspecified atom stereocenters. The number of amides is 1. The standard InChI is InChI=1S/C15H20N4O2/c1-14(2,3)21-13(20)19-10-9-11-7-5-6-8-12(11)15(19,4)17-18-16/h5-8H,9-10H2,1-4H3. The summed E-state index contributed by atoms with van der Waals surface area (Å²) in [5.41, 5.74) is 9.20. The summed E-state index contributed by atoms with van der Waals surface area (Å²) in [6, 6.07) is 7.70. The molecule has 0 saturated carbocycles. The Kier molecular flexibility index (Phi) is 3.83. The summed E-state index contributed by atoms with van der Waals surface area (Å²) in [5, 5.41) is 3.90. The van der Waals surface area contributed by atoms with E-state index in [9.17, 15) is 4.79 Å². The molecule has 1 aliphatic heterocycles. The van der Waals surface area contributed by atoms with Crippen LogP contribution in [0.1, 0.15) is 38.8 Å². The highest BCUT2D eigenvalue weighted by Gasteiger charge is 2.42. The molecule has 0 bridgehead atoms. The summed E-state index contributed by atoms with van der Waals surface area (Å²) in [6.07, 6.45) is 0.248. The summed E-state index contributed by atoms with van der Waals surface area (Å²) >= 11 is 0. The molecule has 1 aromatic carbocycles. The minimum absolute atomic E-state index is 0.460. The van der Waals surface area contributed by atoms with Gasteiger partial charge in [0.15, 0.2) is 0 Å². The quantitative estimate of drug-likeness (QED) is 0.445. The molecule has 0 saturated heterocycles. The zero-order valence-electron chi connectivity index (χ0n) is 12.8. The fourth-order valence-electron chi connectivity index (χ4n) is 2.58. The number of hydrogen-bond donors (Lipinski definition) is 0. The third kappa shape index (κ3) is 2.95. The second-order valence-corrected chi connectivity index (χ2v) is 6.25. The third-order valence-corrected chi connectivity index (χ3v) is 3.51. The van der Waals surface area contributed by atoms with E-state index in [2.05, 4.69) is 10.0 Å². The Balaban J connectivity index is 2.44. The van der Waals surface area contributed by atoms with E-state index in [-0.39, 0.29) is 0 Å². The van der Waals surface area contributed by atoms with Crippen LogP contribution in [0.25, 0.3) is 10.4 Å². The lowest BCUT2D eigenvalue weighted by molar-refractivity contribution is -0.00285. The number of fused-ring (bicyclic) bond motifs is 1. The number of carbonyl (C=O) groups is 1. The van der Waals surface area contributed by atoms with Crippen LogP contribution in [0.4, 0.5) is 4.79 Å². The number of azide groups is 1.